The van der Waals surface area contributed by atoms with Gasteiger partial charge in [0.15, 0.2) is 0 Å². The molecule has 0 aromatic carbocycles. The van der Waals surface area contributed by atoms with Crippen molar-refractivity contribution in [3.8, 4) is 0 Å². The minimum Gasteiger partial charge on any atom is -0.395 e. The van der Waals surface area contributed by atoms with Gasteiger partial charge in [-0.3, -0.25) is 4.90 Å². The number of nitrogens with zero attached hydrogens (tertiary/aromatic N) is 3. The second kappa shape index (κ2) is 5.80. The van der Waals surface area contributed by atoms with Crippen LogP contribution in [0, 0.1) is 19.8 Å². The highest BCUT2D eigenvalue weighted by Gasteiger charge is 2.31. The number of hydrogen-bond acceptors (Lipinski definition) is 5. The molecule has 0 amide bonds. The van der Waals surface area contributed by atoms with Crippen LogP contribution in [0.3, 0.4) is 0 Å². The van der Waals surface area contributed by atoms with Crippen LogP contribution >= 0.6 is 22.9 Å². The van der Waals surface area contributed by atoms with Crippen molar-refractivity contribution in [2.24, 2.45) is 5.92 Å². The fourth-order valence-corrected chi connectivity index (χ4v) is 4.51. The summed E-state index contributed by atoms with van der Waals surface area (Å²) in [6, 6.07) is 0.204. The molecule has 0 spiro atoms. The SMILES string of the molecule is Cc1sc2nc(CN3CCC(C)C3CO)nc(Cl)c2c1C. The van der Waals surface area contributed by atoms with E-state index in [1.807, 2.05) is 0 Å². The zero-order valence-corrected chi connectivity index (χ0v) is 14.1. The number of aryl methyl sites for hydroxylation is 2. The average Bonchev–Trinajstić information content (AvgIpc) is 2.91. The van der Waals surface area contributed by atoms with E-state index in [1.54, 1.807) is 11.3 Å². The fraction of sp³-hybridized carbons (Fsp3) is 0.600. The molecule has 0 saturated carbocycles. The third-order valence-corrected chi connectivity index (χ3v) is 5.93. The number of halogens is 1. The zero-order valence-electron chi connectivity index (χ0n) is 12.6. The monoisotopic (exact) mass is 325 g/mol. The highest BCUT2D eigenvalue weighted by molar-refractivity contribution is 7.18. The van der Waals surface area contributed by atoms with E-state index in [1.165, 1.54) is 10.4 Å². The van der Waals surface area contributed by atoms with Crippen molar-refractivity contribution in [3.05, 3.63) is 21.4 Å². The fourth-order valence-electron chi connectivity index (χ4n) is 3.07. The minimum absolute atomic E-state index is 0.189. The molecule has 0 aliphatic carbocycles. The Morgan fingerprint density at radius 3 is 2.86 bits per heavy atom. The van der Waals surface area contributed by atoms with Crippen LogP contribution < -0.4 is 0 Å². The maximum Gasteiger partial charge on any atom is 0.145 e. The van der Waals surface area contributed by atoms with E-state index in [0.29, 0.717) is 17.6 Å². The molecule has 3 rings (SSSR count). The van der Waals surface area contributed by atoms with Crippen LogP contribution in [0.1, 0.15) is 29.6 Å². The molecule has 2 aromatic rings. The zero-order chi connectivity index (χ0) is 15.1. The largest absolute Gasteiger partial charge is 0.395 e. The van der Waals surface area contributed by atoms with Gasteiger partial charge in [-0.1, -0.05) is 18.5 Å². The second-order valence-corrected chi connectivity index (χ2v) is 7.44. The maximum absolute atomic E-state index is 9.54. The van der Waals surface area contributed by atoms with E-state index < -0.39 is 0 Å². The molecule has 3 heterocycles. The Bertz CT molecular complexity index is 672. The van der Waals surface area contributed by atoms with Crippen LogP contribution in [0.15, 0.2) is 0 Å². The predicted octanol–water partition coefficient (Wildman–Crippen LogP) is 3.16. The molecule has 1 N–H and O–H groups in total. The van der Waals surface area contributed by atoms with Crippen LogP contribution in [0.2, 0.25) is 5.15 Å². The van der Waals surface area contributed by atoms with Gasteiger partial charge >= 0.3 is 0 Å². The minimum atomic E-state index is 0.189. The summed E-state index contributed by atoms with van der Waals surface area (Å²) in [6.07, 6.45) is 1.11. The van der Waals surface area contributed by atoms with Crippen molar-refractivity contribution in [1.29, 1.82) is 0 Å². The van der Waals surface area contributed by atoms with Gasteiger partial charge in [0.2, 0.25) is 0 Å². The van der Waals surface area contributed by atoms with Crippen molar-refractivity contribution in [2.75, 3.05) is 13.2 Å². The quantitative estimate of drug-likeness (QED) is 0.881. The van der Waals surface area contributed by atoms with Crippen molar-refractivity contribution in [3.63, 3.8) is 0 Å². The van der Waals surface area contributed by atoms with E-state index in [2.05, 4.69) is 35.6 Å². The van der Waals surface area contributed by atoms with Crippen molar-refractivity contribution >= 4 is 33.2 Å². The topological polar surface area (TPSA) is 49.2 Å². The standard InChI is InChI=1S/C15H20ClN3OS/c1-8-4-5-19(11(8)7-20)6-12-17-14(16)13-9(2)10(3)21-15(13)18-12/h8,11,20H,4-7H2,1-3H3. The van der Waals surface area contributed by atoms with Gasteiger partial charge in [-0.25, -0.2) is 9.97 Å². The molecule has 6 heteroatoms. The van der Waals surface area contributed by atoms with Crippen LogP contribution in [0.4, 0.5) is 0 Å². The summed E-state index contributed by atoms with van der Waals surface area (Å²) in [7, 11) is 0. The number of rotatable bonds is 3. The summed E-state index contributed by atoms with van der Waals surface area (Å²) in [4.78, 5) is 13.6. The molecule has 1 aliphatic rings. The molecule has 4 nitrogen and oxygen atoms in total. The first-order valence-corrected chi connectivity index (χ1v) is 8.47. The number of thiophene rings is 1. The number of likely N-dealkylation sites (tertiary alicyclic amines) is 1. The predicted molar refractivity (Wildman–Crippen MR) is 87.0 cm³/mol. The first-order chi connectivity index (χ1) is 10.0. The summed E-state index contributed by atoms with van der Waals surface area (Å²) < 4.78 is 0. The number of fused-ring (bicyclic) bond motifs is 1. The van der Waals surface area contributed by atoms with E-state index >= 15 is 0 Å². The van der Waals surface area contributed by atoms with Gasteiger partial charge in [0.25, 0.3) is 0 Å². The smallest absolute Gasteiger partial charge is 0.145 e. The molecule has 1 saturated heterocycles. The normalized spacial score (nSPS) is 23.3. The lowest BCUT2D eigenvalue weighted by Crippen LogP contribution is -2.35. The first kappa shape index (κ1) is 15.2. The number of aliphatic hydroxyl groups is 1. The highest BCUT2D eigenvalue weighted by atomic mass is 35.5. The van der Waals surface area contributed by atoms with Crippen LogP contribution in [0.5, 0.6) is 0 Å². The third kappa shape index (κ3) is 2.68. The molecule has 2 unspecified atom stereocenters. The Balaban J connectivity index is 1.91. The average molecular weight is 326 g/mol. The van der Waals surface area contributed by atoms with Gasteiger partial charge in [0.05, 0.1) is 18.5 Å². The van der Waals surface area contributed by atoms with Gasteiger partial charge in [-0.15, -0.1) is 11.3 Å². The third-order valence-electron chi connectivity index (χ3n) is 4.56. The Hall–Kier alpha value is -0.750. The van der Waals surface area contributed by atoms with Crippen molar-refractivity contribution in [2.45, 2.75) is 39.8 Å². The molecule has 0 bridgehead atoms. The number of aliphatic hydroxyl groups excluding tert-OH is 1. The van der Waals surface area contributed by atoms with Gasteiger partial charge in [0.1, 0.15) is 15.8 Å². The van der Waals surface area contributed by atoms with Crippen LogP contribution in [-0.2, 0) is 6.54 Å². The van der Waals surface area contributed by atoms with E-state index in [0.717, 1.165) is 29.0 Å². The number of hydrogen-bond donors (Lipinski definition) is 1. The summed E-state index contributed by atoms with van der Waals surface area (Å²) >= 11 is 8.02. The van der Waals surface area contributed by atoms with Crippen LogP contribution in [-0.4, -0.2) is 39.2 Å². The first-order valence-electron chi connectivity index (χ1n) is 7.28. The maximum atomic E-state index is 9.54. The Kier molecular flexibility index (Phi) is 4.19. The summed E-state index contributed by atoms with van der Waals surface area (Å²) in [5.41, 5.74) is 1.18. The molecule has 114 valence electrons. The highest BCUT2D eigenvalue weighted by Crippen LogP contribution is 2.33. The summed E-state index contributed by atoms with van der Waals surface area (Å²) in [6.45, 7) is 8.15. The number of aromatic nitrogens is 2. The van der Waals surface area contributed by atoms with Gasteiger partial charge in [0, 0.05) is 10.9 Å². The Morgan fingerprint density at radius 2 is 2.14 bits per heavy atom. The van der Waals surface area contributed by atoms with Gasteiger partial charge in [-0.05, 0) is 38.3 Å². The lowest BCUT2D eigenvalue weighted by Gasteiger charge is -2.24. The van der Waals surface area contributed by atoms with Crippen LogP contribution in [0.25, 0.3) is 10.2 Å². The Labute approximate surface area is 133 Å². The summed E-state index contributed by atoms with van der Waals surface area (Å²) in [5, 5.41) is 11.1. The van der Waals surface area contributed by atoms with Gasteiger partial charge in [-0.2, -0.15) is 0 Å². The molecule has 21 heavy (non-hydrogen) atoms. The van der Waals surface area contributed by atoms with Crippen molar-refractivity contribution in [1.82, 2.24) is 14.9 Å². The molecule has 2 atom stereocenters. The van der Waals surface area contributed by atoms with E-state index in [9.17, 15) is 5.11 Å². The molecule has 1 aliphatic heterocycles. The Morgan fingerprint density at radius 1 is 1.38 bits per heavy atom. The lowest BCUT2D eigenvalue weighted by atomic mass is 10.0. The molecule has 0 radical (unpaired) electrons. The van der Waals surface area contributed by atoms with Crippen molar-refractivity contribution < 1.29 is 5.11 Å². The molecule has 1 fully saturated rings. The molecule has 2 aromatic heterocycles. The molecular weight excluding hydrogens is 306 g/mol. The van der Waals surface area contributed by atoms with Gasteiger partial charge < -0.3 is 5.11 Å². The van der Waals surface area contributed by atoms with E-state index in [-0.39, 0.29) is 12.6 Å². The second-order valence-electron chi connectivity index (χ2n) is 5.88. The lowest BCUT2D eigenvalue weighted by molar-refractivity contribution is 0.132. The van der Waals surface area contributed by atoms with E-state index in [4.69, 9.17) is 11.6 Å². The summed E-state index contributed by atoms with van der Waals surface area (Å²) in [5.74, 6) is 1.27. The molecular formula is C15H20ClN3OS.